The zero-order valence-corrected chi connectivity index (χ0v) is 22.9. The van der Waals surface area contributed by atoms with Crippen LogP contribution in [0.15, 0.2) is 48.5 Å². The molecule has 0 saturated heterocycles. The molecule has 10 heteroatoms. The van der Waals surface area contributed by atoms with E-state index >= 15 is 0 Å². The second kappa shape index (κ2) is 14.1. The van der Waals surface area contributed by atoms with Gasteiger partial charge in [0.05, 0.1) is 19.1 Å². The number of nitrogens with one attached hydrogen (secondary N) is 1. The fraction of sp³-hybridized carbons (Fsp3) is 0.462. The maximum Gasteiger partial charge on any atom is 0.242 e. The number of benzene rings is 2. The van der Waals surface area contributed by atoms with Crippen molar-refractivity contribution in [1.29, 1.82) is 0 Å². The highest BCUT2D eigenvalue weighted by molar-refractivity contribution is 7.92. The molecule has 0 aromatic heterocycles. The van der Waals surface area contributed by atoms with Gasteiger partial charge < -0.3 is 15.0 Å². The van der Waals surface area contributed by atoms with E-state index in [1.54, 1.807) is 43.3 Å². The molecule has 0 aliphatic heterocycles. The van der Waals surface area contributed by atoms with E-state index in [9.17, 15) is 18.0 Å². The number of sulfonamides is 1. The standard InChI is InChI=1S/C26H36ClN3O5S/c1-5-6-17-28-26(32)20(2)29(19-21-10-7-8-11-24(21)27)25(31)12-9-18-30(36(4,33)34)22-13-15-23(35-3)16-14-22/h7-8,10-11,13-16,20H,5-6,9,12,17-19H2,1-4H3,(H,28,32)/t20-/m1/s1. The molecule has 0 saturated carbocycles. The lowest BCUT2D eigenvalue weighted by molar-refractivity contribution is -0.140. The van der Waals surface area contributed by atoms with Gasteiger partial charge >= 0.3 is 0 Å². The van der Waals surface area contributed by atoms with Crippen LogP contribution in [-0.2, 0) is 26.2 Å². The predicted octanol–water partition coefficient (Wildman–Crippen LogP) is 4.23. The van der Waals surface area contributed by atoms with Gasteiger partial charge in [0, 0.05) is 31.1 Å². The lowest BCUT2D eigenvalue weighted by atomic mass is 10.1. The minimum absolute atomic E-state index is 0.0687. The summed E-state index contributed by atoms with van der Waals surface area (Å²) in [5.74, 6) is 0.125. The van der Waals surface area contributed by atoms with Gasteiger partial charge in [-0.2, -0.15) is 0 Å². The lowest BCUT2D eigenvalue weighted by Gasteiger charge is -2.29. The van der Waals surface area contributed by atoms with Crippen LogP contribution in [-0.4, -0.2) is 57.6 Å². The number of carbonyl (C=O) groups is 2. The van der Waals surface area contributed by atoms with Crippen molar-refractivity contribution in [2.45, 2.75) is 52.1 Å². The Bertz CT molecular complexity index is 1110. The van der Waals surface area contributed by atoms with Crippen molar-refractivity contribution in [2.75, 3.05) is 30.8 Å². The Morgan fingerprint density at radius 3 is 2.33 bits per heavy atom. The highest BCUT2D eigenvalue weighted by Gasteiger charge is 2.27. The van der Waals surface area contributed by atoms with Crippen molar-refractivity contribution in [3.8, 4) is 5.75 Å². The van der Waals surface area contributed by atoms with E-state index in [2.05, 4.69) is 5.32 Å². The molecule has 2 aromatic carbocycles. The number of carbonyl (C=O) groups excluding carboxylic acids is 2. The average molecular weight is 538 g/mol. The van der Waals surface area contributed by atoms with Crippen LogP contribution in [0.4, 0.5) is 5.69 Å². The molecule has 1 N–H and O–H groups in total. The maximum atomic E-state index is 13.3. The third-order valence-corrected chi connectivity index (χ3v) is 7.37. The molecule has 2 rings (SSSR count). The number of rotatable bonds is 14. The summed E-state index contributed by atoms with van der Waals surface area (Å²) in [5.41, 5.74) is 1.22. The van der Waals surface area contributed by atoms with Crippen molar-refractivity contribution in [3.05, 3.63) is 59.1 Å². The molecule has 0 bridgehead atoms. The molecular formula is C26H36ClN3O5S. The van der Waals surface area contributed by atoms with Crippen LogP contribution in [0.25, 0.3) is 0 Å². The van der Waals surface area contributed by atoms with Crippen molar-refractivity contribution >= 4 is 39.1 Å². The molecule has 198 valence electrons. The van der Waals surface area contributed by atoms with Crippen LogP contribution in [0.2, 0.25) is 5.02 Å². The van der Waals surface area contributed by atoms with E-state index < -0.39 is 16.1 Å². The van der Waals surface area contributed by atoms with Gasteiger partial charge in [-0.3, -0.25) is 13.9 Å². The van der Waals surface area contributed by atoms with Crippen molar-refractivity contribution in [3.63, 3.8) is 0 Å². The third-order valence-electron chi connectivity index (χ3n) is 5.81. The number of hydrogen-bond donors (Lipinski definition) is 1. The Morgan fingerprint density at radius 2 is 1.75 bits per heavy atom. The topological polar surface area (TPSA) is 96.0 Å². The first-order valence-electron chi connectivity index (χ1n) is 12.0. The number of halogens is 1. The third kappa shape index (κ3) is 8.71. The second-order valence-electron chi connectivity index (χ2n) is 8.57. The summed E-state index contributed by atoms with van der Waals surface area (Å²) in [5, 5.41) is 3.39. The normalized spacial score (nSPS) is 12.0. The molecule has 2 aromatic rings. The molecule has 0 heterocycles. The van der Waals surface area contributed by atoms with Crippen LogP contribution < -0.4 is 14.4 Å². The minimum atomic E-state index is -3.57. The number of amides is 2. The Balaban J connectivity index is 2.15. The number of anilines is 1. The van der Waals surface area contributed by atoms with Gasteiger partial charge in [-0.05, 0) is 55.7 Å². The fourth-order valence-corrected chi connectivity index (χ4v) is 4.84. The van der Waals surface area contributed by atoms with Crippen molar-refractivity contribution < 1.29 is 22.7 Å². The van der Waals surface area contributed by atoms with Gasteiger partial charge in [0.2, 0.25) is 21.8 Å². The average Bonchev–Trinajstić information content (AvgIpc) is 2.85. The zero-order chi connectivity index (χ0) is 26.7. The SMILES string of the molecule is CCCCNC(=O)[C@@H](C)N(Cc1ccccc1Cl)C(=O)CCCN(c1ccc(OC)cc1)S(C)(=O)=O. The number of nitrogens with zero attached hydrogens (tertiary/aromatic N) is 2. The molecule has 1 atom stereocenters. The molecule has 36 heavy (non-hydrogen) atoms. The van der Waals surface area contributed by atoms with Crippen LogP contribution in [0.5, 0.6) is 5.75 Å². The zero-order valence-electron chi connectivity index (χ0n) is 21.4. The molecule has 2 amide bonds. The molecule has 0 radical (unpaired) electrons. The number of methoxy groups -OCH3 is 1. The van der Waals surface area contributed by atoms with Gasteiger partial charge in [-0.25, -0.2) is 8.42 Å². The molecule has 0 aliphatic rings. The Morgan fingerprint density at radius 1 is 1.08 bits per heavy atom. The summed E-state index contributed by atoms with van der Waals surface area (Å²) < 4.78 is 31.3. The highest BCUT2D eigenvalue weighted by atomic mass is 35.5. The summed E-state index contributed by atoms with van der Waals surface area (Å²) in [6.07, 6.45) is 3.28. The van der Waals surface area contributed by atoms with Crippen molar-refractivity contribution in [1.82, 2.24) is 10.2 Å². The largest absolute Gasteiger partial charge is 0.497 e. The molecule has 8 nitrogen and oxygen atoms in total. The minimum Gasteiger partial charge on any atom is -0.497 e. The monoisotopic (exact) mass is 537 g/mol. The quantitative estimate of drug-likeness (QED) is 0.364. The smallest absolute Gasteiger partial charge is 0.242 e. The van der Waals surface area contributed by atoms with Gasteiger partial charge in [0.15, 0.2) is 0 Å². The van der Waals surface area contributed by atoms with E-state index in [1.165, 1.54) is 16.3 Å². The van der Waals surface area contributed by atoms with Gasteiger partial charge in [0.1, 0.15) is 11.8 Å². The number of unbranched alkanes of at least 4 members (excludes halogenated alkanes) is 1. The maximum absolute atomic E-state index is 13.3. The first-order chi connectivity index (χ1) is 17.1. The van der Waals surface area contributed by atoms with E-state index in [1.807, 2.05) is 19.1 Å². The second-order valence-corrected chi connectivity index (χ2v) is 10.9. The van der Waals surface area contributed by atoms with Crippen LogP contribution >= 0.6 is 11.6 Å². The molecule has 0 spiro atoms. The summed E-state index contributed by atoms with van der Waals surface area (Å²) in [7, 11) is -2.03. The summed E-state index contributed by atoms with van der Waals surface area (Å²) in [4.78, 5) is 27.6. The van der Waals surface area contributed by atoms with Crippen LogP contribution in [0, 0.1) is 0 Å². The number of ether oxygens (including phenoxy) is 1. The Hall–Kier alpha value is -2.78. The Labute approximate surface area is 219 Å². The molecule has 0 fully saturated rings. The highest BCUT2D eigenvalue weighted by Crippen LogP contribution is 2.23. The summed E-state index contributed by atoms with van der Waals surface area (Å²) in [6.45, 7) is 4.56. The first kappa shape index (κ1) is 29.5. The number of hydrogen-bond acceptors (Lipinski definition) is 5. The van der Waals surface area contributed by atoms with E-state index in [0.29, 0.717) is 23.0 Å². The molecular weight excluding hydrogens is 502 g/mol. The molecule has 0 unspecified atom stereocenters. The lowest BCUT2D eigenvalue weighted by Crippen LogP contribution is -2.48. The van der Waals surface area contributed by atoms with Crippen LogP contribution in [0.1, 0.15) is 45.1 Å². The predicted molar refractivity (Wildman–Crippen MR) is 144 cm³/mol. The van der Waals surface area contributed by atoms with E-state index in [0.717, 1.165) is 24.7 Å². The van der Waals surface area contributed by atoms with Crippen molar-refractivity contribution in [2.24, 2.45) is 0 Å². The van der Waals surface area contributed by atoms with E-state index in [4.69, 9.17) is 16.3 Å². The molecule has 0 aliphatic carbocycles. The Kier molecular flexibility index (Phi) is 11.5. The van der Waals surface area contributed by atoms with Crippen LogP contribution in [0.3, 0.4) is 0 Å². The summed E-state index contributed by atoms with van der Waals surface area (Å²) >= 11 is 6.32. The van der Waals surface area contributed by atoms with Gasteiger partial charge in [-0.15, -0.1) is 0 Å². The van der Waals surface area contributed by atoms with Gasteiger partial charge in [0.25, 0.3) is 0 Å². The van der Waals surface area contributed by atoms with E-state index in [-0.39, 0.29) is 37.7 Å². The summed E-state index contributed by atoms with van der Waals surface area (Å²) in [6, 6.07) is 13.2. The van der Waals surface area contributed by atoms with Gasteiger partial charge in [-0.1, -0.05) is 43.1 Å². The fourth-order valence-electron chi connectivity index (χ4n) is 3.68. The first-order valence-corrected chi connectivity index (χ1v) is 14.2.